The summed E-state index contributed by atoms with van der Waals surface area (Å²) in [6, 6.07) is 8.20. The molecule has 0 bridgehead atoms. The minimum atomic E-state index is -0.254. The largest absolute Gasteiger partial charge is 0.419 e. The molecule has 1 aliphatic heterocycles. The van der Waals surface area contributed by atoms with Gasteiger partial charge in [0.15, 0.2) is 5.58 Å². The number of nitrogens with one attached hydrogen (secondary N) is 1. The molecule has 0 amide bonds. The predicted molar refractivity (Wildman–Crippen MR) is 79.0 cm³/mol. The molecule has 1 saturated heterocycles. The van der Waals surface area contributed by atoms with Gasteiger partial charge in [-0.1, -0.05) is 12.1 Å². The lowest BCUT2D eigenvalue weighted by atomic mass is 10.2. The molecule has 1 N–H and O–H groups in total. The summed E-state index contributed by atoms with van der Waals surface area (Å²) in [6.07, 6.45) is 2.48. The number of likely N-dealkylation sites (tertiary alicyclic amines) is 1. The standard InChI is InChI=1S/C15H21N3O2/c1-16-11-12-5-4-8-17(12)9-10-18-13-6-2-3-7-14(13)20-15(18)19/h2-3,6-7,12,16H,4-5,8-11H2,1H3. The summed E-state index contributed by atoms with van der Waals surface area (Å²) in [7, 11) is 1.99. The van der Waals surface area contributed by atoms with Crippen LogP contribution >= 0.6 is 0 Å². The van der Waals surface area contributed by atoms with Gasteiger partial charge < -0.3 is 9.73 Å². The highest BCUT2D eigenvalue weighted by Crippen LogP contribution is 2.17. The van der Waals surface area contributed by atoms with Gasteiger partial charge >= 0.3 is 5.76 Å². The number of aromatic nitrogens is 1. The highest BCUT2D eigenvalue weighted by molar-refractivity contribution is 5.72. The summed E-state index contributed by atoms with van der Waals surface area (Å²) in [5.74, 6) is -0.254. The van der Waals surface area contributed by atoms with Crippen LogP contribution in [0, 0.1) is 0 Å². The second-order valence-electron chi connectivity index (χ2n) is 5.38. The molecule has 1 fully saturated rings. The van der Waals surface area contributed by atoms with Crippen LogP contribution in [-0.4, -0.2) is 42.2 Å². The van der Waals surface area contributed by atoms with E-state index in [2.05, 4.69) is 10.2 Å². The van der Waals surface area contributed by atoms with Gasteiger partial charge in [-0.25, -0.2) is 4.79 Å². The van der Waals surface area contributed by atoms with E-state index in [-0.39, 0.29) is 5.76 Å². The van der Waals surface area contributed by atoms with Crippen LogP contribution in [0.3, 0.4) is 0 Å². The first-order valence-corrected chi connectivity index (χ1v) is 7.26. The van der Waals surface area contributed by atoms with Gasteiger partial charge in [0, 0.05) is 25.7 Å². The van der Waals surface area contributed by atoms with E-state index < -0.39 is 0 Å². The van der Waals surface area contributed by atoms with E-state index in [4.69, 9.17) is 4.42 Å². The van der Waals surface area contributed by atoms with Crippen molar-refractivity contribution in [3.05, 3.63) is 34.8 Å². The molecule has 1 atom stereocenters. The van der Waals surface area contributed by atoms with Crippen LogP contribution in [0.4, 0.5) is 0 Å². The van der Waals surface area contributed by atoms with Gasteiger partial charge in [-0.2, -0.15) is 0 Å². The number of para-hydroxylation sites is 2. The molecular weight excluding hydrogens is 254 g/mol. The molecule has 0 saturated carbocycles. The Kier molecular flexibility index (Phi) is 3.89. The van der Waals surface area contributed by atoms with E-state index >= 15 is 0 Å². The van der Waals surface area contributed by atoms with Gasteiger partial charge in [0.2, 0.25) is 0 Å². The number of fused-ring (bicyclic) bond motifs is 1. The number of nitrogens with zero attached hydrogens (tertiary/aromatic N) is 2. The quantitative estimate of drug-likeness (QED) is 0.893. The lowest BCUT2D eigenvalue weighted by Crippen LogP contribution is -2.39. The van der Waals surface area contributed by atoms with Crippen molar-refractivity contribution in [2.45, 2.75) is 25.4 Å². The van der Waals surface area contributed by atoms with Crippen LogP contribution in [0.1, 0.15) is 12.8 Å². The Labute approximate surface area is 118 Å². The Morgan fingerprint density at radius 2 is 2.20 bits per heavy atom. The zero-order valence-electron chi connectivity index (χ0n) is 11.8. The third kappa shape index (κ3) is 2.51. The lowest BCUT2D eigenvalue weighted by molar-refractivity contribution is 0.239. The van der Waals surface area contributed by atoms with Crippen molar-refractivity contribution in [1.29, 1.82) is 0 Å². The zero-order chi connectivity index (χ0) is 13.9. The monoisotopic (exact) mass is 275 g/mol. The number of hydrogen-bond acceptors (Lipinski definition) is 4. The van der Waals surface area contributed by atoms with E-state index in [0.29, 0.717) is 18.2 Å². The molecular formula is C15H21N3O2. The maximum atomic E-state index is 11.9. The molecule has 3 rings (SSSR count). The van der Waals surface area contributed by atoms with Crippen LogP contribution in [0.2, 0.25) is 0 Å². The Balaban J connectivity index is 1.74. The fourth-order valence-corrected chi connectivity index (χ4v) is 3.11. The van der Waals surface area contributed by atoms with Gasteiger partial charge in [0.05, 0.1) is 5.52 Å². The molecule has 2 aromatic rings. The molecule has 1 aromatic heterocycles. The summed E-state index contributed by atoms with van der Waals surface area (Å²) >= 11 is 0. The SMILES string of the molecule is CNCC1CCCN1CCn1c(=O)oc2ccccc21. The Morgan fingerprint density at radius 1 is 1.35 bits per heavy atom. The fourth-order valence-electron chi connectivity index (χ4n) is 3.11. The van der Waals surface area contributed by atoms with Crippen LogP contribution in [0.5, 0.6) is 0 Å². The van der Waals surface area contributed by atoms with E-state index in [1.54, 1.807) is 4.57 Å². The molecule has 5 nitrogen and oxygen atoms in total. The summed E-state index contributed by atoms with van der Waals surface area (Å²) < 4.78 is 7.01. The molecule has 108 valence electrons. The van der Waals surface area contributed by atoms with Crippen molar-refractivity contribution in [2.75, 3.05) is 26.7 Å². The highest BCUT2D eigenvalue weighted by atomic mass is 16.4. The molecule has 1 unspecified atom stereocenters. The first-order valence-electron chi connectivity index (χ1n) is 7.26. The van der Waals surface area contributed by atoms with E-state index in [1.165, 1.54) is 12.8 Å². The maximum absolute atomic E-state index is 11.9. The average molecular weight is 275 g/mol. The summed E-state index contributed by atoms with van der Waals surface area (Å²) in [6.45, 7) is 3.73. The molecule has 2 heterocycles. The molecule has 0 radical (unpaired) electrons. The predicted octanol–water partition coefficient (Wildman–Crippen LogP) is 1.28. The van der Waals surface area contributed by atoms with Gasteiger partial charge in [0.1, 0.15) is 0 Å². The van der Waals surface area contributed by atoms with Crippen molar-refractivity contribution >= 4 is 11.1 Å². The number of benzene rings is 1. The van der Waals surface area contributed by atoms with Gasteiger partial charge in [-0.3, -0.25) is 9.47 Å². The van der Waals surface area contributed by atoms with Crippen molar-refractivity contribution in [1.82, 2.24) is 14.8 Å². The smallest absolute Gasteiger partial charge is 0.408 e. The second kappa shape index (κ2) is 5.81. The molecule has 5 heteroatoms. The first-order chi connectivity index (χ1) is 9.79. The normalized spacial score (nSPS) is 19.9. The zero-order valence-corrected chi connectivity index (χ0v) is 11.8. The number of likely N-dealkylation sites (N-methyl/N-ethyl adjacent to an activating group) is 1. The molecule has 1 aliphatic rings. The Hall–Kier alpha value is -1.59. The fraction of sp³-hybridized carbons (Fsp3) is 0.533. The van der Waals surface area contributed by atoms with Gasteiger partial charge in [0.25, 0.3) is 0 Å². The van der Waals surface area contributed by atoms with Crippen LogP contribution < -0.4 is 11.1 Å². The summed E-state index contributed by atoms with van der Waals surface area (Å²) in [5, 5.41) is 3.25. The van der Waals surface area contributed by atoms with Crippen LogP contribution in [0.25, 0.3) is 11.1 Å². The van der Waals surface area contributed by atoms with Crippen molar-refractivity contribution in [2.24, 2.45) is 0 Å². The first kappa shape index (κ1) is 13.4. The highest BCUT2D eigenvalue weighted by Gasteiger charge is 2.23. The molecule has 0 spiro atoms. The molecule has 20 heavy (non-hydrogen) atoms. The Morgan fingerprint density at radius 3 is 3.05 bits per heavy atom. The third-order valence-corrected chi connectivity index (χ3v) is 4.12. The third-order valence-electron chi connectivity index (χ3n) is 4.12. The van der Waals surface area contributed by atoms with Crippen molar-refractivity contribution in [3.8, 4) is 0 Å². The van der Waals surface area contributed by atoms with Gasteiger partial charge in [-0.15, -0.1) is 0 Å². The number of hydrogen-bond donors (Lipinski definition) is 1. The summed E-state index contributed by atoms with van der Waals surface area (Å²) in [5.41, 5.74) is 1.56. The lowest BCUT2D eigenvalue weighted by Gasteiger charge is -2.24. The minimum absolute atomic E-state index is 0.254. The topological polar surface area (TPSA) is 50.4 Å². The van der Waals surface area contributed by atoms with E-state index in [0.717, 1.165) is 25.2 Å². The van der Waals surface area contributed by atoms with Crippen molar-refractivity contribution in [3.63, 3.8) is 0 Å². The van der Waals surface area contributed by atoms with Crippen molar-refractivity contribution < 1.29 is 4.42 Å². The Bertz CT molecular complexity index is 631. The second-order valence-corrected chi connectivity index (χ2v) is 5.38. The number of rotatable bonds is 5. The minimum Gasteiger partial charge on any atom is -0.408 e. The summed E-state index contributed by atoms with van der Waals surface area (Å²) in [4.78, 5) is 14.4. The van der Waals surface area contributed by atoms with Crippen LogP contribution in [0.15, 0.2) is 33.5 Å². The van der Waals surface area contributed by atoms with Gasteiger partial charge in [-0.05, 0) is 38.6 Å². The molecule has 0 aliphatic carbocycles. The van der Waals surface area contributed by atoms with E-state index in [1.807, 2.05) is 31.3 Å². The number of oxazole rings is 1. The van der Waals surface area contributed by atoms with Crippen LogP contribution in [-0.2, 0) is 6.54 Å². The van der Waals surface area contributed by atoms with E-state index in [9.17, 15) is 4.79 Å². The average Bonchev–Trinajstić information content (AvgIpc) is 3.01. The molecule has 1 aromatic carbocycles. The maximum Gasteiger partial charge on any atom is 0.419 e.